The van der Waals surface area contributed by atoms with Crippen molar-refractivity contribution in [3.8, 4) is 33.5 Å². The number of benzene rings is 7. The minimum atomic E-state index is 0.929. The van der Waals surface area contributed by atoms with Gasteiger partial charge in [0, 0.05) is 44.9 Å². The zero-order valence-electron chi connectivity index (χ0n) is 25.9. The number of hydrogen-bond donors (Lipinski definition) is 0. The summed E-state index contributed by atoms with van der Waals surface area (Å²) >= 11 is 0. The first-order chi connectivity index (χ1) is 23.8. The van der Waals surface area contributed by atoms with Crippen LogP contribution in [0.5, 0.6) is 0 Å². The van der Waals surface area contributed by atoms with E-state index in [1.165, 1.54) is 37.7 Å². The van der Waals surface area contributed by atoms with Crippen LogP contribution in [0, 0.1) is 0 Å². The molecule has 0 amide bonds. The maximum atomic E-state index is 5.36. The average Bonchev–Trinajstić information content (AvgIpc) is 3.17. The second-order valence-electron chi connectivity index (χ2n) is 12.4. The second kappa shape index (κ2) is 10.5. The Morgan fingerprint density at radius 3 is 1.83 bits per heavy atom. The van der Waals surface area contributed by atoms with E-state index in [0.717, 1.165) is 60.8 Å². The van der Waals surface area contributed by atoms with Crippen LogP contribution in [0.3, 0.4) is 0 Å². The van der Waals surface area contributed by atoms with Crippen molar-refractivity contribution in [3.05, 3.63) is 164 Å². The molecule has 0 aliphatic heterocycles. The van der Waals surface area contributed by atoms with Crippen molar-refractivity contribution in [3.63, 3.8) is 0 Å². The molecule has 3 heteroatoms. The summed E-state index contributed by atoms with van der Waals surface area (Å²) in [6, 6.07) is 54.2. The summed E-state index contributed by atoms with van der Waals surface area (Å²) in [6.45, 7) is 0. The molecule has 0 saturated carbocycles. The van der Waals surface area contributed by atoms with Crippen LogP contribution in [-0.4, -0.2) is 15.0 Å². The highest BCUT2D eigenvalue weighted by molar-refractivity contribution is 6.33. The Kier molecular flexibility index (Phi) is 5.87. The molecular formula is C45H27N3. The van der Waals surface area contributed by atoms with Crippen molar-refractivity contribution in [2.24, 2.45) is 0 Å². The molecule has 0 aliphatic carbocycles. The van der Waals surface area contributed by atoms with Crippen molar-refractivity contribution >= 4 is 65.0 Å². The van der Waals surface area contributed by atoms with Crippen LogP contribution in [-0.2, 0) is 0 Å². The van der Waals surface area contributed by atoms with Gasteiger partial charge in [0.15, 0.2) is 0 Å². The van der Waals surface area contributed by atoms with Gasteiger partial charge in [0.05, 0.1) is 22.2 Å². The third-order valence-corrected chi connectivity index (χ3v) is 9.72. The Bertz CT molecular complexity index is 2890. The lowest BCUT2D eigenvalue weighted by molar-refractivity contribution is 1.37. The maximum absolute atomic E-state index is 5.36. The van der Waals surface area contributed by atoms with Crippen LogP contribution in [0.25, 0.3) is 98.5 Å². The van der Waals surface area contributed by atoms with E-state index in [0.29, 0.717) is 0 Å². The minimum absolute atomic E-state index is 0.929. The molecule has 0 fully saturated rings. The Labute approximate surface area is 276 Å². The molecule has 3 nitrogen and oxygen atoms in total. The van der Waals surface area contributed by atoms with E-state index in [9.17, 15) is 0 Å². The van der Waals surface area contributed by atoms with Gasteiger partial charge in [0.1, 0.15) is 0 Å². The van der Waals surface area contributed by atoms with Crippen molar-refractivity contribution in [2.75, 3.05) is 0 Å². The number of nitrogens with zero attached hydrogens (tertiary/aromatic N) is 3. The molecule has 10 aromatic rings. The number of para-hydroxylation sites is 1. The van der Waals surface area contributed by atoms with Crippen LogP contribution in [0.1, 0.15) is 0 Å². The summed E-state index contributed by atoms with van der Waals surface area (Å²) in [5.41, 5.74) is 9.59. The zero-order chi connectivity index (χ0) is 31.6. The molecule has 0 N–H and O–H groups in total. The predicted octanol–water partition coefficient (Wildman–Crippen LogP) is 11.8. The fourth-order valence-electron chi connectivity index (χ4n) is 7.53. The van der Waals surface area contributed by atoms with E-state index in [1.54, 1.807) is 0 Å². The highest BCUT2D eigenvalue weighted by Crippen LogP contribution is 2.43. The number of aromatic nitrogens is 3. The van der Waals surface area contributed by atoms with Gasteiger partial charge in [-0.2, -0.15) is 0 Å². The van der Waals surface area contributed by atoms with Crippen molar-refractivity contribution in [1.29, 1.82) is 0 Å². The van der Waals surface area contributed by atoms with E-state index in [-0.39, 0.29) is 0 Å². The smallest absolute Gasteiger partial charge is 0.0970 e. The molecule has 222 valence electrons. The highest BCUT2D eigenvalue weighted by atomic mass is 14.7. The van der Waals surface area contributed by atoms with Crippen LogP contribution in [0.2, 0.25) is 0 Å². The fourth-order valence-corrected chi connectivity index (χ4v) is 7.53. The van der Waals surface area contributed by atoms with Crippen LogP contribution in [0.4, 0.5) is 0 Å². The molecule has 48 heavy (non-hydrogen) atoms. The monoisotopic (exact) mass is 609 g/mol. The lowest BCUT2D eigenvalue weighted by Gasteiger charge is -2.16. The summed E-state index contributed by atoms with van der Waals surface area (Å²) in [6.07, 6.45) is 3.72. The molecule has 0 bridgehead atoms. The fraction of sp³-hybridized carbons (Fsp3) is 0. The normalized spacial score (nSPS) is 11.8. The second-order valence-corrected chi connectivity index (χ2v) is 12.4. The molecule has 0 aliphatic rings. The topological polar surface area (TPSA) is 38.7 Å². The summed E-state index contributed by atoms with van der Waals surface area (Å²) in [4.78, 5) is 14.7. The summed E-state index contributed by atoms with van der Waals surface area (Å²) < 4.78 is 0. The summed E-state index contributed by atoms with van der Waals surface area (Å²) in [5.74, 6) is 0. The van der Waals surface area contributed by atoms with Crippen LogP contribution >= 0.6 is 0 Å². The molecule has 3 heterocycles. The number of pyridine rings is 3. The largest absolute Gasteiger partial charge is 0.254 e. The van der Waals surface area contributed by atoms with Crippen LogP contribution in [0.15, 0.2) is 164 Å². The molecular weight excluding hydrogens is 583 g/mol. The molecule has 0 saturated heterocycles. The van der Waals surface area contributed by atoms with Gasteiger partial charge in [-0.25, -0.2) is 4.98 Å². The first kappa shape index (κ1) is 26.7. The predicted molar refractivity (Wildman–Crippen MR) is 201 cm³/mol. The molecule has 0 unspecified atom stereocenters. The number of fused-ring (bicyclic) bond motifs is 11. The van der Waals surface area contributed by atoms with Gasteiger partial charge in [-0.05, 0) is 68.1 Å². The van der Waals surface area contributed by atoms with E-state index in [4.69, 9.17) is 9.97 Å². The van der Waals surface area contributed by atoms with E-state index < -0.39 is 0 Å². The maximum Gasteiger partial charge on any atom is 0.0970 e. The van der Waals surface area contributed by atoms with E-state index >= 15 is 0 Å². The Morgan fingerprint density at radius 1 is 0.354 bits per heavy atom. The molecule has 10 rings (SSSR count). The number of hydrogen-bond acceptors (Lipinski definition) is 3. The molecule has 0 atom stereocenters. The highest BCUT2D eigenvalue weighted by Gasteiger charge is 2.18. The van der Waals surface area contributed by atoms with Crippen molar-refractivity contribution < 1.29 is 0 Å². The summed E-state index contributed by atoms with van der Waals surface area (Å²) in [5, 5.41) is 10.8. The molecule has 0 spiro atoms. The van der Waals surface area contributed by atoms with Gasteiger partial charge in [-0.15, -0.1) is 0 Å². The Balaban J connectivity index is 1.14. The standard InChI is InChI=1S/C45H27N3/c1-3-14-36-34(12-1)35-13-2-4-15-37(35)42-41(36)39-16-5-6-17-40(39)48-43(42)32-10-7-9-31(27-32)28-18-20-29(21-19-28)33-24-26-47-45-38(33)23-22-30-11-8-25-46-44(30)45/h1-27H. The lowest BCUT2D eigenvalue weighted by Crippen LogP contribution is -1.93. The number of rotatable bonds is 3. The minimum Gasteiger partial charge on any atom is -0.254 e. The van der Waals surface area contributed by atoms with Gasteiger partial charge >= 0.3 is 0 Å². The van der Waals surface area contributed by atoms with E-state index in [2.05, 4.69) is 151 Å². The van der Waals surface area contributed by atoms with Crippen molar-refractivity contribution in [1.82, 2.24) is 15.0 Å². The van der Waals surface area contributed by atoms with Gasteiger partial charge in [-0.1, -0.05) is 127 Å². The van der Waals surface area contributed by atoms with Gasteiger partial charge in [0.25, 0.3) is 0 Å². The van der Waals surface area contributed by atoms with Gasteiger partial charge in [0.2, 0.25) is 0 Å². The molecule has 3 aromatic heterocycles. The lowest BCUT2D eigenvalue weighted by atomic mass is 9.89. The first-order valence-electron chi connectivity index (χ1n) is 16.3. The molecule has 7 aromatic carbocycles. The van der Waals surface area contributed by atoms with Crippen LogP contribution < -0.4 is 0 Å². The zero-order valence-corrected chi connectivity index (χ0v) is 25.9. The summed E-state index contributed by atoms with van der Waals surface area (Å²) in [7, 11) is 0. The quantitative estimate of drug-likeness (QED) is 0.187. The van der Waals surface area contributed by atoms with Gasteiger partial charge in [-0.3, -0.25) is 9.97 Å². The molecule has 0 radical (unpaired) electrons. The Morgan fingerprint density at radius 2 is 1.02 bits per heavy atom. The van der Waals surface area contributed by atoms with E-state index in [1.807, 2.05) is 18.5 Å². The third-order valence-electron chi connectivity index (χ3n) is 9.72. The third kappa shape index (κ3) is 4.04. The van der Waals surface area contributed by atoms with Crippen molar-refractivity contribution in [2.45, 2.75) is 0 Å². The average molecular weight is 610 g/mol. The SMILES string of the molecule is c1cc(-c2ccc(-c3ccnc4c3ccc3cccnc34)cc2)cc(-c2nc3ccccc3c3c4ccccc4c4ccccc4c23)c1. The Hall–Kier alpha value is -6.45. The first-order valence-corrected chi connectivity index (χ1v) is 16.3. The van der Waals surface area contributed by atoms with Gasteiger partial charge < -0.3 is 0 Å².